The van der Waals surface area contributed by atoms with Gasteiger partial charge in [-0.05, 0) is 57.0 Å². The maximum Gasteiger partial charge on any atom is 0.333 e. The van der Waals surface area contributed by atoms with Crippen molar-refractivity contribution in [2.45, 2.75) is 32.7 Å². The molecule has 1 saturated heterocycles. The Kier molecular flexibility index (Phi) is 4.77. The molecule has 23 heavy (non-hydrogen) atoms. The molecule has 2 aromatic carbocycles. The molecule has 0 bridgehead atoms. The first kappa shape index (κ1) is 15.8. The Morgan fingerprint density at radius 1 is 1.04 bits per heavy atom. The van der Waals surface area contributed by atoms with E-state index in [4.69, 9.17) is 4.74 Å². The monoisotopic (exact) mass is 309 g/mol. The third-order valence-corrected chi connectivity index (χ3v) is 4.39. The fourth-order valence-corrected chi connectivity index (χ4v) is 3.21. The van der Waals surface area contributed by atoms with Gasteiger partial charge in [-0.1, -0.05) is 48.0 Å². The van der Waals surface area contributed by atoms with Crippen molar-refractivity contribution in [2.24, 2.45) is 0 Å². The summed E-state index contributed by atoms with van der Waals surface area (Å²) in [4.78, 5) is 15.1. The number of carbonyl (C=O) groups is 1. The van der Waals surface area contributed by atoms with Crippen molar-refractivity contribution in [3.05, 3.63) is 65.2 Å². The maximum atomic E-state index is 12.9. The first-order chi connectivity index (χ1) is 11.1. The molecule has 1 aliphatic heterocycles. The minimum Gasteiger partial charge on any atom is -0.425 e. The summed E-state index contributed by atoms with van der Waals surface area (Å²) in [5.41, 5.74) is 3.16. The number of hydrogen-bond donors (Lipinski definition) is 0. The van der Waals surface area contributed by atoms with E-state index < -0.39 is 0 Å². The van der Waals surface area contributed by atoms with Crippen LogP contribution in [0.15, 0.2) is 48.5 Å². The Morgan fingerprint density at radius 3 is 2.39 bits per heavy atom. The molecule has 2 aromatic rings. The summed E-state index contributed by atoms with van der Waals surface area (Å²) < 4.78 is 5.75. The summed E-state index contributed by atoms with van der Waals surface area (Å²) in [6, 6.07) is 15.5. The second-order valence-corrected chi connectivity index (χ2v) is 6.25. The Hall–Kier alpha value is -2.13. The highest BCUT2D eigenvalue weighted by molar-refractivity contribution is 5.80. The van der Waals surface area contributed by atoms with Crippen LogP contribution in [0.25, 0.3) is 0 Å². The van der Waals surface area contributed by atoms with Crippen LogP contribution in [0, 0.1) is 13.8 Å². The summed E-state index contributed by atoms with van der Waals surface area (Å²) in [7, 11) is 0. The van der Waals surface area contributed by atoms with Crippen molar-refractivity contribution in [1.29, 1.82) is 0 Å². The zero-order chi connectivity index (χ0) is 16.2. The molecule has 0 amide bonds. The van der Waals surface area contributed by atoms with Gasteiger partial charge in [0.25, 0.3) is 0 Å². The topological polar surface area (TPSA) is 29.5 Å². The molecule has 0 N–H and O–H groups in total. The summed E-state index contributed by atoms with van der Waals surface area (Å²) >= 11 is 0. The van der Waals surface area contributed by atoms with Crippen LogP contribution >= 0.6 is 0 Å². The van der Waals surface area contributed by atoms with E-state index in [1.54, 1.807) is 0 Å². The minimum absolute atomic E-state index is 0.190. The standard InChI is InChI=1S/C20H23NO2/c1-15-10-11-18(16(2)14-15)23-20(22)19(21-12-6-7-13-21)17-8-4-3-5-9-17/h3-5,8-11,14,19H,6-7,12-13H2,1-2H3. The molecule has 0 aromatic heterocycles. The number of hydrogen-bond acceptors (Lipinski definition) is 3. The molecule has 1 heterocycles. The number of nitrogens with zero attached hydrogens (tertiary/aromatic N) is 1. The quantitative estimate of drug-likeness (QED) is 0.630. The van der Waals surface area contributed by atoms with Crippen molar-refractivity contribution in [3.63, 3.8) is 0 Å². The average molecular weight is 309 g/mol. The van der Waals surface area contributed by atoms with E-state index in [0.717, 1.165) is 37.1 Å². The second kappa shape index (κ2) is 6.97. The lowest BCUT2D eigenvalue weighted by Crippen LogP contribution is -2.34. The molecule has 0 aliphatic carbocycles. The number of aryl methyl sites for hydroxylation is 2. The van der Waals surface area contributed by atoms with Crippen molar-refractivity contribution < 1.29 is 9.53 Å². The number of esters is 1. The largest absolute Gasteiger partial charge is 0.425 e. The van der Waals surface area contributed by atoms with Crippen molar-refractivity contribution >= 4 is 5.97 Å². The molecule has 120 valence electrons. The first-order valence-electron chi connectivity index (χ1n) is 8.23. The third-order valence-electron chi connectivity index (χ3n) is 4.39. The Balaban J connectivity index is 1.85. The summed E-state index contributed by atoms with van der Waals surface area (Å²) in [6.07, 6.45) is 2.28. The van der Waals surface area contributed by atoms with Gasteiger partial charge in [-0.3, -0.25) is 4.90 Å². The summed E-state index contributed by atoms with van der Waals surface area (Å²) in [5.74, 6) is 0.464. The minimum atomic E-state index is -0.320. The first-order valence-corrected chi connectivity index (χ1v) is 8.23. The van der Waals surface area contributed by atoms with E-state index in [9.17, 15) is 4.79 Å². The van der Waals surface area contributed by atoms with E-state index in [1.807, 2.05) is 62.4 Å². The van der Waals surface area contributed by atoms with Gasteiger partial charge in [-0.25, -0.2) is 4.79 Å². The molecule has 3 nitrogen and oxygen atoms in total. The lowest BCUT2D eigenvalue weighted by Gasteiger charge is -2.26. The zero-order valence-electron chi connectivity index (χ0n) is 13.8. The van der Waals surface area contributed by atoms with E-state index in [2.05, 4.69) is 4.90 Å². The number of benzene rings is 2. The van der Waals surface area contributed by atoms with Crippen LogP contribution in [0.4, 0.5) is 0 Å². The fourth-order valence-electron chi connectivity index (χ4n) is 3.21. The van der Waals surface area contributed by atoms with E-state index in [0.29, 0.717) is 5.75 Å². The van der Waals surface area contributed by atoms with Crippen LogP contribution in [0.2, 0.25) is 0 Å². The maximum absolute atomic E-state index is 12.9. The molecule has 0 spiro atoms. The van der Waals surface area contributed by atoms with Crippen LogP contribution in [-0.2, 0) is 4.79 Å². The van der Waals surface area contributed by atoms with Gasteiger partial charge in [0.1, 0.15) is 11.8 Å². The second-order valence-electron chi connectivity index (χ2n) is 6.25. The molecule has 1 fully saturated rings. The fraction of sp³-hybridized carbons (Fsp3) is 0.350. The van der Waals surface area contributed by atoms with Crippen LogP contribution < -0.4 is 4.74 Å². The summed E-state index contributed by atoms with van der Waals surface area (Å²) in [6.45, 7) is 5.90. The highest BCUT2D eigenvalue weighted by Gasteiger charge is 2.31. The van der Waals surface area contributed by atoms with Crippen LogP contribution in [0.5, 0.6) is 5.75 Å². The van der Waals surface area contributed by atoms with Gasteiger partial charge in [-0.2, -0.15) is 0 Å². The molecule has 0 saturated carbocycles. The lowest BCUT2D eigenvalue weighted by atomic mass is 10.1. The van der Waals surface area contributed by atoms with Crippen molar-refractivity contribution in [1.82, 2.24) is 4.90 Å². The molecule has 0 radical (unpaired) electrons. The molecule has 1 unspecified atom stereocenters. The smallest absolute Gasteiger partial charge is 0.333 e. The molecule has 1 aliphatic rings. The number of rotatable bonds is 4. The Labute approximate surface area is 137 Å². The van der Waals surface area contributed by atoms with E-state index in [1.165, 1.54) is 5.56 Å². The van der Waals surface area contributed by atoms with Crippen LogP contribution in [-0.4, -0.2) is 24.0 Å². The van der Waals surface area contributed by atoms with E-state index >= 15 is 0 Å². The average Bonchev–Trinajstić information content (AvgIpc) is 3.05. The molecule has 3 rings (SSSR count). The van der Waals surface area contributed by atoms with Crippen molar-refractivity contribution in [3.8, 4) is 5.75 Å². The zero-order valence-corrected chi connectivity index (χ0v) is 13.8. The Bertz CT molecular complexity index is 675. The van der Waals surface area contributed by atoms with Gasteiger partial charge in [0.2, 0.25) is 0 Å². The highest BCUT2D eigenvalue weighted by atomic mass is 16.5. The molecular formula is C20H23NO2. The SMILES string of the molecule is Cc1ccc(OC(=O)C(c2ccccc2)N2CCCC2)c(C)c1. The van der Waals surface area contributed by atoms with Gasteiger partial charge in [0, 0.05) is 0 Å². The number of likely N-dealkylation sites (tertiary alicyclic amines) is 1. The van der Waals surface area contributed by atoms with Crippen molar-refractivity contribution in [2.75, 3.05) is 13.1 Å². The van der Waals surface area contributed by atoms with Gasteiger partial charge < -0.3 is 4.74 Å². The third kappa shape index (κ3) is 3.62. The Morgan fingerprint density at radius 2 is 1.74 bits per heavy atom. The van der Waals surface area contributed by atoms with Gasteiger partial charge in [-0.15, -0.1) is 0 Å². The molecule has 1 atom stereocenters. The van der Waals surface area contributed by atoms with Gasteiger partial charge >= 0.3 is 5.97 Å². The van der Waals surface area contributed by atoms with Crippen LogP contribution in [0.1, 0.15) is 35.6 Å². The normalized spacial score (nSPS) is 16.3. The predicted molar refractivity (Wildman–Crippen MR) is 91.5 cm³/mol. The van der Waals surface area contributed by atoms with Gasteiger partial charge in [0.05, 0.1) is 0 Å². The van der Waals surface area contributed by atoms with Crippen LogP contribution in [0.3, 0.4) is 0 Å². The van der Waals surface area contributed by atoms with Gasteiger partial charge in [0.15, 0.2) is 0 Å². The summed E-state index contributed by atoms with van der Waals surface area (Å²) in [5, 5.41) is 0. The lowest BCUT2D eigenvalue weighted by molar-refractivity contribution is -0.140. The molecular weight excluding hydrogens is 286 g/mol. The molecule has 3 heteroatoms. The highest BCUT2D eigenvalue weighted by Crippen LogP contribution is 2.28. The number of ether oxygens (including phenoxy) is 1. The number of carbonyl (C=O) groups excluding carboxylic acids is 1. The predicted octanol–water partition coefficient (Wildman–Crippen LogP) is 4.05. The van der Waals surface area contributed by atoms with E-state index in [-0.39, 0.29) is 12.0 Å².